The summed E-state index contributed by atoms with van der Waals surface area (Å²) in [7, 11) is 0. The van der Waals surface area contributed by atoms with Gasteiger partial charge in [-0.05, 0) is 27.6 Å². The Bertz CT molecular complexity index is 575. The molecule has 100 valence electrons. The fourth-order valence-corrected chi connectivity index (χ4v) is 3.25. The lowest BCUT2D eigenvalue weighted by molar-refractivity contribution is 0.747. The highest BCUT2D eigenvalue weighted by Gasteiger charge is 2.08. The Labute approximate surface area is 131 Å². The van der Waals surface area contributed by atoms with Crippen molar-refractivity contribution in [3.05, 3.63) is 51.3 Å². The van der Waals surface area contributed by atoms with E-state index in [0.717, 1.165) is 31.8 Å². The van der Waals surface area contributed by atoms with E-state index >= 15 is 0 Å². The lowest BCUT2D eigenvalue weighted by Gasteiger charge is -2.08. The van der Waals surface area contributed by atoms with Crippen LogP contribution in [0.25, 0.3) is 0 Å². The molecule has 0 aliphatic carbocycles. The summed E-state index contributed by atoms with van der Waals surface area (Å²) >= 11 is 11.2. The molecular formula is C14H14BrClN2S. The lowest BCUT2D eigenvalue weighted by atomic mass is 10.2. The summed E-state index contributed by atoms with van der Waals surface area (Å²) in [5.74, 6) is 1.98. The fourth-order valence-electron chi connectivity index (χ4n) is 1.51. The monoisotopic (exact) mass is 356 g/mol. The van der Waals surface area contributed by atoms with E-state index in [2.05, 4.69) is 39.7 Å². The van der Waals surface area contributed by atoms with E-state index in [1.807, 2.05) is 30.3 Å². The number of thioether (sulfide) groups is 1. The first kappa shape index (κ1) is 14.8. The molecule has 0 unspecified atom stereocenters. The molecule has 2 rings (SSSR count). The first-order valence-electron chi connectivity index (χ1n) is 5.97. The van der Waals surface area contributed by atoms with E-state index < -0.39 is 0 Å². The van der Waals surface area contributed by atoms with E-state index in [9.17, 15) is 0 Å². The van der Waals surface area contributed by atoms with Crippen LogP contribution in [0.3, 0.4) is 0 Å². The van der Waals surface area contributed by atoms with Crippen molar-refractivity contribution >= 4 is 39.3 Å². The van der Waals surface area contributed by atoms with Gasteiger partial charge in [0.15, 0.2) is 0 Å². The van der Waals surface area contributed by atoms with Crippen molar-refractivity contribution in [2.75, 3.05) is 0 Å². The van der Waals surface area contributed by atoms with Crippen LogP contribution in [0.1, 0.15) is 31.2 Å². The molecule has 0 bridgehead atoms. The van der Waals surface area contributed by atoms with Gasteiger partial charge in [-0.3, -0.25) is 0 Å². The fraction of sp³-hybridized carbons (Fsp3) is 0.286. The Kier molecular flexibility index (Phi) is 5.25. The van der Waals surface area contributed by atoms with Gasteiger partial charge in [0.05, 0.1) is 0 Å². The zero-order chi connectivity index (χ0) is 13.8. The van der Waals surface area contributed by atoms with E-state index in [1.54, 1.807) is 11.8 Å². The molecule has 19 heavy (non-hydrogen) atoms. The molecule has 0 fully saturated rings. The van der Waals surface area contributed by atoms with Crippen LogP contribution in [0.15, 0.2) is 40.0 Å². The predicted octanol–water partition coefficient (Wildman–Crippen LogP) is 5.31. The zero-order valence-electron chi connectivity index (χ0n) is 10.7. The van der Waals surface area contributed by atoms with Crippen molar-refractivity contribution in [2.45, 2.75) is 30.5 Å². The molecule has 0 atom stereocenters. The maximum absolute atomic E-state index is 6.15. The minimum absolute atomic E-state index is 0.317. The zero-order valence-corrected chi connectivity index (χ0v) is 13.9. The number of hydrogen-bond donors (Lipinski definition) is 0. The minimum Gasteiger partial charge on any atom is -0.226 e. The number of halogens is 2. The highest BCUT2D eigenvalue weighted by molar-refractivity contribution is 9.10. The van der Waals surface area contributed by atoms with Gasteiger partial charge in [-0.1, -0.05) is 43.6 Å². The molecule has 0 spiro atoms. The first-order chi connectivity index (χ1) is 9.06. The third-order valence-electron chi connectivity index (χ3n) is 2.54. The predicted molar refractivity (Wildman–Crippen MR) is 84.8 cm³/mol. The van der Waals surface area contributed by atoms with E-state index in [1.165, 1.54) is 0 Å². The van der Waals surface area contributed by atoms with Gasteiger partial charge in [0.2, 0.25) is 0 Å². The van der Waals surface area contributed by atoms with Gasteiger partial charge in [0.1, 0.15) is 15.5 Å². The second-order valence-electron chi connectivity index (χ2n) is 4.42. The molecule has 0 aliphatic heterocycles. The molecule has 1 heterocycles. The van der Waals surface area contributed by atoms with Gasteiger partial charge in [0.25, 0.3) is 0 Å². The van der Waals surface area contributed by atoms with Gasteiger partial charge in [-0.2, -0.15) is 0 Å². The van der Waals surface area contributed by atoms with Crippen LogP contribution in [0.2, 0.25) is 5.02 Å². The standard InChI is InChI=1S/C14H14BrClN2S/c1-9(2)14-17-12(15)7-13(18-14)19-8-10-5-3-4-6-11(10)16/h3-7,9H,8H2,1-2H3. The Morgan fingerprint density at radius 2 is 2.00 bits per heavy atom. The summed E-state index contributed by atoms with van der Waals surface area (Å²) in [5.41, 5.74) is 1.12. The summed E-state index contributed by atoms with van der Waals surface area (Å²) in [5, 5.41) is 1.76. The van der Waals surface area contributed by atoms with E-state index in [0.29, 0.717) is 5.92 Å². The van der Waals surface area contributed by atoms with Crippen LogP contribution >= 0.6 is 39.3 Å². The van der Waals surface area contributed by atoms with E-state index in [-0.39, 0.29) is 0 Å². The Hall–Kier alpha value is -0.580. The summed E-state index contributed by atoms with van der Waals surface area (Å²) in [6.45, 7) is 4.18. The number of nitrogens with zero attached hydrogens (tertiary/aromatic N) is 2. The number of rotatable bonds is 4. The Morgan fingerprint density at radius 1 is 1.26 bits per heavy atom. The average Bonchev–Trinajstić information content (AvgIpc) is 2.37. The molecular weight excluding hydrogens is 344 g/mol. The molecule has 0 aliphatic rings. The third-order valence-corrected chi connectivity index (χ3v) is 4.27. The number of hydrogen-bond acceptors (Lipinski definition) is 3. The van der Waals surface area contributed by atoms with Crippen molar-refractivity contribution in [1.82, 2.24) is 9.97 Å². The third kappa shape index (κ3) is 4.20. The van der Waals surface area contributed by atoms with Crippen LogP contribution in [-0.2, 0) is 5.75 Å². The normalized spacial score (nSPS) is 11.0. The molecule has 1 aromatic carbocycles. The molecule has 0 amide bonds. The maximum atomic E-state index is 6.15. The second-order valence-corrected chi connectivity index (χ2v) is 6.64. The van der Waals surface area contributed by atoms with Crippen molar-refractivity contribution < 1.29 is 0 Å². The highest BCUT2D eigenvalue weighted by Crippen LogP contribution is 2.27. The average molecular weight is 358 g/mol. The Morgan fingerprint density at radius 3 is 2.68 bits per heavy atom. The van der Waals surface area contributed by atoms with Crippen LogP contribution in [0.5, 0.6) is 0 Å². The van der Waals surface area contributed by atoms with Crippen LogP contribution < -0.4 is 0 Å². The summed E-state index contributed by atoms with van der Waals surface area (Å²) in [6, 6.07) is 9.82. The summed E-state index contributed by atoms with van der Waals surface area (Å²) < 4.78 is 0.827. The van der Waals surface area contributed by atoms with Crippen molar-refractivity contribution in [3.8, 4) is 0 Å². The number of benzene rings is 1. The van der Waals surface area contributed by atoms with Gasteiger partial charge < -0.3 is 0 Å². The molecule has 0 radical (unpaired) electrons. The first-order valence-corrected chi connectivity index (χ1v) is 8.12. The number of aromatic nitrogens is 2. The van der Waals surface area contributed by atoms with Gasteiger partial charge in [-0.25, -0.2) is 9.97 Å². The highest BCUT2D eigenvalue weighted by atomic mass is 79.9. The smallest absolute Gasteiger partial charge is 0.133 e. The van der Waals surface area contributed by atoms with Crippen LogP contribution in [0, 0.1) is 0 Å². The molecule has 2 nitrogen and oxygen atoms in total. The van der Waals surface area contributed by atoms with Gasteiger partial charge >= 0.3 is 0 Å². The Balaban J connectivity index is 2.14. The van der Waals surface area contributed by atoms with Gasteiger partial charge in [-0.15, -0.1) is 11.8 Å². The quantitative estimate of drug-likeness (QED) is 0.548. The lowest BCUT2D eigenvalue weighted by Crippen LogP contribution is -1.99. The topological polar surface area (TPSA) is 25.8 Å². The van der Waals surface area contributed by atoms with Crippen molar-refractivity contribution in [1.29, 1.82) is 0 Å². The molecule has 2 aromatic rings. The molecule has 0 saturated carbocycles. The van der Waals surface area contributed by atoms with Crippen molar-refractivity contribution in [2.24, 2.45) is 0 Å². The van der Waals surface area contributed by atoms with E-state index in [4.69, 9.17) is 11.6 Å². The summed E-state index contributed by atoms with van der Waals surface area (Å²) in [4.78, 5) is 8.93. The van der Waals surface area contributed by atoms with Crippen molar-refractivity contribution in [3.63, 3.8) is 0 Å². The van der Waals surface area contributed by atoms with Gasteiger partial charge in [0, 0.05) is 22.8 Å². The minimum atomic E-state index is 0.317. The second kappa shape index (κ2) is 6.73. The molecule has 0 N–H and O–H groups in total. The maximum Gasteiger partial charge on any atom is 0.133 e. The molecule has 1 aromatic heterocycles. The SMILES string of the molecule is CC(C)c1nc(Br)cc(SCc2ccccc2Cl)n1. The molecule has 0 saturated heterocycles. The largest absolute Gasteiger partial charge is 0.226 e. The summed E-state index contributed by atoms with van der Waals surface area (Å²) in [6.07, 6.45) is 0. The van der Waals surface area contributed by atoms with Crippen LogP contribution in [-0.4, -0.2) is 9.97 Å². The van der Waals surface area contributed by atoms with Crippen LogP contribution in [0.4, 0.5) is 0 Å². The molecule has 5 heteroatoms.